The Labute approximate surface area is 171 Å². The van der Waals surface area contributed by atoms with Gasteiger partial charge >= 0.3 is 0 Å². The lowest BCUT2D eigenvalue weighted by molar-refractivity contribution is -0.116. The number of hydrogen-bond acceptors (Lipinski definition) is 5. The molecule has 29 heavy (non-hydrogen) atoms. The molecule has 2 aromatic rings. The Kier molecular flexibility index (Phi) is 6.85. The summed E-state index contributed by atoms with van der Waals surface area (Å²) in [6, 6.07) is 14.2. The highest BCUT2D eigenvalue weighted by Crippen LogP contribution is 2.27. The van der Waals surface area contributed by atoms with Crippen molar-refractivity contribution >= 4 is 17.5 Å². The second-order valence-corrected chi connectivity index (χ2v) is 7.28. The first kappa shape index (κ1) is 20.8. The van der Waals surface area contributed by atoms with Gasteiger partial charge in [0, 0.05) is 44.2 Å². The number of methoxy groups -OCH3 is 1. The summed E-state index contributed by atoms with van der Waals surface area (Å²) >= 11 is 0. The fraction of sp³-hybridized carbons (Fsp3) is 0.364. The maximum Gasteiger partial charge on any atom is 0.254 e. The van der Waals surface area contributed by atoms with Crippen LogP contribution < -0.4 is 15.8 Å². The number of nitrogens with zero attached hydrogens (tertiary/aromatic N) is 2. The van der Waals surface area contributed by atoms with E-state index in [9.17, 15) is 9.59 Å². The highest BCUT2D eigenvalue weighted by atomic mass is 16.5. The summed E-state index contributed by atoms with van der Waals surface area (Å²) in [5.74, 6) is 0.225. The molecule has 0 radical (unpaired) electrons. The zero-order valence-corrected chi connectivity index (χ0v) is 16.9. The second kappa shape index (κ2) is 9.54. The molecule has 3 rings (SSSR count). The van der Waals surface area contributed by atoms with Crippen LogP contribution in [0.2, 0.25) is 0 Å². The largest absolute Gasteiger partial charge is 0.495 e. The van der Waals surface area contributed by atoms with Gasteiger partial charge in [0.2, 0.25) is 5.91 Å². The molecular weight excluding hydrogens is 368 g/mol. The summed E-state index contributed by atoms with van der Waals surface area (Å²) in [5, 5.41) is 2.84. The number of carbonyl (C=O) groups excluding carboxylic acids is 2. The van der Waals surface area contributed by atoms with Gasteiger partial charge in [0.05, 0.1) is 12.8 Å². The molecule has 2 amide bonds. The maximum absolute atomic E-state index is 12.8. The number of rotatable bonds is 6. The normalized spacial score (nSPS) is 15.6. The van der Waals surface area contributed by atoms with Crippen LogP contribution in [0, 0.1) is 0 Å². The average Bonchev–Trinajstić information content (AvgIpc) is 2.74. The van der Waals surface area contributed by atoms with E-state index in [1.807, 2.05) is 42.3 Å². The van der Waals surface area contributed by atoms with Crippen LogP contribution in [0.5, 0.6) is 5.75 Å². The number of nitrogens with one attached hydrogen (secondary N) is 1. The first-order valence-corrected chi connectivity index (χ1v) is 9.74. The summed E-state index contributed by atoms with van der Waals surface area (Å²) in [5.41, 5.74) is 8.04. The standard InChI is InChI=1S/C22H28N4O3/c1-25-10-12-26(13-11-25)22(28)17-8-9-20(29-2)19(14-17)24-21(27)15-18(23)16-6-4-3-5-7-16/h3-9,14,18H,10-13,15,23H2,1-2H3,(H,24,27). The Bertz CT molecular complexity index is 848. The molecule has 0 aromatic heterocycles. The number of carbonyl (C=O) groups is 2. The highest BCUT2D eigenvalue weighted by Gasteiger charge is 2.22. The van der Waals surface area contributed by atoms with E-state index in [0.29, 0.717) is 30.1 Å². The minimum absolute atomic E-state index is 0.0442. The summed E-state index contributed by atoms with van der Waals surface area (Å²) in [6.45, 7) is 3.08. The molecule has 0 bridgehead atoms. The molecular formula is C22H28N4O3. The molecule has 7 heteroatoms. The van der Waals surface area contributed by atoms with Crippen molar-refractivity contribution in [2.45, 2.75) is 12.5 Å². The molecule has 1 aliphatic heterocycles. The molecule has 0 saturated carbocycles. The molecule has 7 nitrogen and oxygen atoms in total. The Morgan fingerprint density at radius 1 is 1.10 bits per heavy atom. The van der Waals surface area contributed by atoms with E-state index >= 15 is 0 Å². The van der Waals surface area contributed by atoms with Crippen molar-refractivity contribution in [3.05, 3.63) is 59.7 Å². The summed E-state index contributed by atoms with van der Waals surface area (Å²) in [6.07, 6.45) is 0.129. The van der Waals surface area contributed by atoms with Gasteiger partial charge in [-0.3, -0.25) is 9.59 Å². The first-order chi connectivity index (χ1) is 14.0. The van der Waals surface area contributed by atoms with Crippen LogP contribution in [0.1, 0.15) is 28.4 Å². The van der Waals surface area contributed by atoms with Crippen molar-refractivity contribution < 1.29 is 14.3 Å². The third-order valence-corrected chi connectivity index (χ3v) is 5.14. The lowest BCUT2D eigenvalue weighted by atomic mass is 10.0. The molecule has 154 valence electrons. The zero-order valence-electron chi connectivity index (χ0n) is 16.9. The fourth-order valence-electron chi connectivity index (χ4n) is 3.35. The Hall–Kier alpha value is -2.90. The number of benzene rings is 2. The Balaban J connectivity index is 1.70. The predicted octanol–water partition coefficient (Wildman–Crippen LogP) is 2.11. The van der Waals surface area contributed by atoms with Crippen molar-refractivity contribution in [1.82, 2.24) is 9.80 Å². The molecule has 1 saturated heterocycles. The van der Waals surface area contributed by atoms with E-state index in [0.717, 1.165) is 18.7 Å². The SMILES string of the molecule is COc1ccc(C(=O)N2CCN(C)CC2)cc1NC(=O)CC(N)c1ccccc1. The van der Waals surface area contributed by atoms with Crippen molar-refractivity contribution in [3.8, 4) is 5.75 Å². The molecule has 1 aliphatic rings. The van der Waals surface area contributed by atoms with Crippen LogP contribution in [-0.2, 0) is 4.79 Å². The summed E-state index contributed by atoms with van der Waals surface area (Å²) in [7, 11) is 3.58. The van der Waals surface area contributed by atoms with Gasteiger partial charge in [-0.2, -0.15) is 0 Å². The van der Waals surface area contributed by atoms with Gasteiger partial charge in [0.15, 0.2) is 0 Å². The predicted molar refractivity (Wildman–Crippen MR) is 113 cm³/mol. The van der Waals surface area contributed by atoms with Gasteiger partial charge in [-0.05, 0) is 30.8 Å². The molecule has 3 N–H and O–H groups in total. The molecule has 0 spiro atoms. The van der Waals surface area contributed by atoms with Gasteiger partial charge in [0.25, 0.3) is 5.91 Å². The van der Waals surface area contributed by atoms with Crippen LogP contribution in [0.15, 0.2) is 48.5 Å². The molecule has 1 unspecified atom stereocenters. The Morgan fingerprint density at radius 2 is 1.79 bits per heavy atom. The van der Waals surface area contributed by atoms with E-state index in [2.05, 4.69) is 10.2 Å². The second-order valence-electron chi connectivity index (χ2n) is 7.28. The Morgan fingerprint density at radius 3 is 2.45 bits per heavy atom. The van der Waals surface area contributed by atoms with E-state index in [-0.39, 0.29) is 18.2 Å². The van der Waals surface area contributed by atoms with Gasteiger partial charge in [0.1, 0.15) is 5.75 Å². The van der Waals surface area contributed by atoms with Crippen LogP contribution >= 0.6 is 0 Å². The number of anilines is 1. The van der Waals surface area contributed by atoms with Gasteiger partial charge in [-0.1, -0.05) is 30.3 Å². The van der Waals surface area contributed by atoms with Crippen LogP contribution in [0.25, 0.3) is 0 Å². The number of piperazine rings is 1. The molecule has 1 heterocycles. The van der Waals surface area contributed by atoms with Crippen LogP contribution in [-0.4, -0.2) is 62.0 Å². The van der Waals surface area contributed by atoms with Crippen LogP contribution in [0.3, 0.4) is 0 Å². The smallest absolute Gasteiger partial charge is 0.254 e. The van der Waals surface area contributed by atoms with Crippen molar-refractivity contribution in [1.29, 1.82) is 0 Å². The van der Waals surface area contributed by atoms with Gasteiger partial charge in [-0.15, -0.1) is 0 Å². The van der Waals surface area contributed by atoms with Crippen molar-refractivity contribution in [3.63, 3.8) is 0 Å². The minimum atomic E-state index is -0.405. The molecule has 0 aliphatic carbocycles. The topological polar surface area (TPSA) is 87.9 Å². The number of nitrogens with two attached hydrogens (primary N) is 1. The molecule has 2 aromatic carbocycles. The van der Waals surface area contributed by atoms with Crippen molar-refractivity contribution in [2.75, 3.05) is 45.7 Å². The zero-order chi connectivity index (χ0) is 20.8. The minimum Gasteiger partial charge on any atom is -0.495 e. The first-order valence-electron chi connectivity index (χ1n) is 9.74. The number of amides is 2. The van der Waals surface area contributed by atoms with Gasteiger partial charge < -0.3 is 25.6 Å². The lowest BCUT2D eigenvalue weighted by Gasteiger charge is -2.32. The monoisotopic (exact) mass is 396 g/mol. The summed E-state index contributed by atoms with van der Waals surface area (Å²) in [4.78, 5) is 29.4. The number of likely N-dealkylation sites (N-methyl/N-ethyl adjacent to an activating group) is 1. The average molecular weight is 396 g/mol. The fourth-order valence-corrected chi connectivity index (χ4v) is 3.35. The lowest BCUT2D eigenvalue weighted by Crippen LogP contribution is -2.47. The third kappa shape index (κ3) is 5.34. The van der Waals surface area contributed by atoms with Crippen molar-refractivity contribution in [2.24, 2.45) is 5.73 Å². The quantitative estimate of drug-likeness (QED) is 0.781. The van der Waals surface area contributed by atoms with E-state index in [1.165, 1.54) is 7.11 Å². The maximum atomic E-state index is 12.8. The van der Waals surface area contributed by atoms with E-state index in [1.54, 1.807) is 18.2 Å². The highest BCUT2D eigenvalue weighted by molar-refractivity contribution is 5.98. The number of hydrogen-bond donors (Lipinski definition) is 2. The summed E-state index contributed by atoms with van der Waals surface area (Å²) < 4.78 is 5.35. The third-order valence-electron chi connectivity index (χ3n) is 5.14. The van der Waals surface area contributed by atoms with Gasteiger partial charge in [-0.25, -0.2) is 0 Å². The van der Waals surface area contributed by atoms with Crippen LogP contribution in [0.4, 0.5) is 5.69 Å². The number of ether oxygens (including phenoxy) is 1. The van der Waals surface area contributed by atoms with E-state index < -0.39 is 6.04 Å². The molecule has 1 atom stereocenters. The molecule has 1 fully saturated rings. The van der Waals surface area contributed by atoms with E-state index in [4.69, 9.17) is 10.5 Å².